The molecule has 3 rings (SSSR count). The van der Waals surface area contributed by atoms with Gasteiger partial charge in [-0.1, -0.05) is 12.1 Å². The maximum Gasteiger partial charge on any atom is 0.226 e. The summed E-state index contributed by atoms with van der Waals surface area (Å²) < 4.78 is 5.21. The molecule has 1 amide bonds. The Morgan fingerprint density at radius 3 is 2.57 bits per heavy atom. The summed E-state index contributed by atoms with van der Waals surface area (Å²) in [5, 5.41) is 3.33. The number of piperidine rings is 1. The first-order valence-corrected chi connectivity index (χ1v) is 7.95. The number of carbonyl (C=O) groups excluding carboxylic acids is 1. The molecule has 2 heterocycles. The van der Waals surface area contributed by atoms with E-state index < -0.39 is 0 Å². The highest BCUT2D eigenvalue weighted by Gasteiger charge is 2.34. The Morgan fingerprint density at radius 2 is 1.90 bits per heavy atom. The van der Waals surface area contributed by atoms with Gasteiger partial charge in [-0.25, -0.2) is 0 Å². The Labute approximate surface area is 126 Å². The third kappa shape index (κ3) is 3.05. The minimum Gasteiger partial charge on any atom is -0.497 e. The van der Waals surface area contributed by atoms with Gasteiger partial charge in [-0.15, -0.1) is 0 Å². The summed E-state index contributed by atoms with van der Waals surface area (Å²) in [6, 6.07) is 8.41. The fourth-order valence-electron chi connectivity index (χ4n) is 3.51. The highest BCUT2D eigenvalue weighted by molar-refractivity contribution is 5.79. The number of nitrogens with zero attached hydrogens (tertiary/aromatic N) is 1. The van der Waals surface area contributed by atoms with Crippen LogP contribution in [0.25, 0.3) is 0 Å². The molecule has 4 nitrogen and oxygen atoms in total. The summed E-state index contributed by atoms with van der Waals surface area (Å²) in [7, 11) is 1.68. The predicted molar refractivity (Wildman–Crippen MR) is 82.3 cm³/mol. The Morgan fingerprint density at radius 1 is 1.19 bits per heavy atom. The average molecular weight is 288 g/mol. The highest BCUT2D eigenvalue weighted by Crippen LogP contribution is 2.34. The lowest BCUT2D eigenvalue weighted by Crippen LogP contribution is -2.40. The molecule has 1 aromatic carbocycles. The van der Waals surface area contributed by atoms with E-state index in [-0.39, 0.29) is 12.0 Å². The largest absolute Gasteiger partial charge is 0.497 e. The van der Waals surface area contributed by atoms with Gasteiger partial charge in [0.05, 0.1) is 13.2 Å². The predicted octanol–water partition coefficient (Wildman–Crippen LogP) is 2.36. The van der Waals surface area contributed by atoms with Gasteiger partial charge >= 0.3 is 0 Å². The minimum absolute atomic E-state index is 0.213. The fraction of sp³-hybridized carbons (Fsp3) is 0.588. The number of likely N-dealkylation sites (tertiary alicyclic amines) is 1. The van der Waals surface area contributed by atoms with Crippen LogP contribution < -0.4 is 10.1 Å². The molecular weight excluding hydrogens is 264 g/mol. The molecule has 21 heavy (non-hydrogen) atoms. The van der Waals surface area contributed by atoms with E-state index in [2.05, 4.69) is 22.3 Å². The molecule has 2 fully saturated rings. The second-order valence-electron chi connectivity index (χ2n) is 5.99. The summed E-state index contributed by atoms with van der Waals surface area (Å²) >= 11 is 0. The molecule has 1 N–H and O–H groups in total. The Hall–Kier alpha value is -1.55. The molecule has 1 aromatic rings. The third-order valence-electron chi connectivity index (χ3n) is 4.72. The second-order valence-corrected chi connectivity index (χ2v) is 5.99. The van der Waals surface area contributed by atoms with Crippen LogP contribution in [0.4, 0.5) is 0 Å². The standard InChI is InChI=1S/C17H24N2O2/c1-21-15-6-4-13(5-7-15)16-3-2-12-19(16)17(20)14-8-10-18-11-9-14/h4-7,14,16,18H,2-3,8-12H2,1H3. The second kappa shape index (κ2) is 6.48. The number of benzene rings is 1. The topological polar surface area (TPSA) is 41.6 Å². The lowest BCUT2D eigenvalue weighted by molar-refractivity contribution is -0.137. The lowest BCUT2D eigenvalue weighted by atomic mass is 9.95. The number of ether oxygens (including phenoxy) is 1. The first-order valence-electron chi connectivity index (χ1n) is 7.95. The van der Waals surface area contributed by atoms with Gasteiger partial charge in [0.15, 0.2) is 0 Å². The van der Waals surface area contributed by atoms with Crippen LogP contribution in [0.5, 0.6) is 5.75 Å². The average Bonchev–Trinajstić information content (AvgIpc) is 3.04. The molecule has 114 valence electrons. The van der Waals surface area contributed by atoms with E-state index >= 15 is 0 Å². The first-order chi connectivity index (χ1) is 10.3. The smallest absolute Gasteiger partial charge is 0.226 e. The van der Waals surface area contributed by atoms with Gasteiger partial charge in [-0.3, -0.25) is 4.79 Å². The molecule has 0 radical (unpaired) electrons. The third-order valence-corrected chi connectivity index (χ3v) is 4.72. The molecule has 2 aliphatic heterocycles. The van der Waals surface area contributed by atoms with Crippen molar-refractivity contribution in [2.24, 2.45) is 5.92 Å². The summed E-state index contributed by atoms with van der Waals surface area (Å²) in [6.07, 6.45) is 4.13. The zero-order valence-corrected chi connectivity index (χ0v) is 12.7. The first kappa shape index (κ1) is 14.4. The zero-order chi connectivity index (χ0) is 14.7. The summed E-state index contributed by atoms with van der Waals surface area (Å²) in [6.45, 7) is 2.84. The number of carbonyl (C=O) groups is 1. The van der Waals surface area contributed by atoms with Gasteiger partial charge in [-0.2, -0.15) is 0 Å². The highest BCUT2D eigenvalue weighted by atomic mass is 16.5. The van der Waals surface area contributed by atoms with Gasteiger partial charge in [0, 0.05) is 12.5 Å². The van der Waals surface area contributed by atoms with Gasteiger partial charge in [0.1, 0.15) is 5.75 Å². The van der Waals surface area contributed by atoms with E-state index in [1.54, 1.807) is 7.11 Å². The monoisotopic (exact) mass is 288 g/mol. The maximum absolute atomic E-state index is 12.8. The van der Waals surface area contributed by atoms with E-state index in [0.29, 0.717) is 5.91 Å². The SMILES string of the molecule is COc1ccc(C2CCCN2C(=O)C2CCNCC2)cc1. The molecule has 1 atom stereocenters. The Balaban J connectivity index is 1.73. The minimum atomic E-state index is 0.213. The Kier molecular flexibility index (Phi) is 4.44. The van der Waals surface area contributed by atoms with Gasteiger partial charge in [-0.05, 0) is 56.5 Å². The number of nitrogens with one attached hydrogen (secondary N) is 1. The molecule has 0 aliphatic carbocycles. The van der Waals surface area contributed by atoms with Crippen molar-refractivity contribution in [2.75, 3.05) is 26.7 Å². The van der Waals surface area contributed by atoms with E-state index in [0.717, 1.165) is 51.1 Å². The number of hydrogen-bond donors (Lipinski definition) is 1. The van der Waals surface area contributed by atoms with Crippen LogP contribution in [0.1, 0.15) is 37.3 Å². The quantitative estimate of drug-likeness (QED) is 0.928. The van der Waals surface area contributed by atoms with Crippen molar-refractivity contribution in [3.8, 4) is 5.75 Å². The molecule has 4 heteroatoms. The van der Waals surface area contributed by atoms with Crippen LogP contribution in [-0.4, -0.2) is 37.6 Å². The van der Waals surface area contributed by atoms with Gasteiger partial charge in [0.2, 0.25) is 5.91 Å². The van der Waals surface area contributed by atoms with Crippen molar-refractivity contribution in [1.29, 1.82) is 0 Å². The molecule has 2 aliphatic rings. The van der Waals surface area contributed by atoms with Crippen molar-refractivity contribution >= 4 is 5.91 Å². The normalized spacial score (nSPS) is 23.3. The molecular formula is C17H24N2O2. The summed E-state index contributed by atoms with van der Waals surface area (Å²) in [5.74, 6) is 1.44. The van der Waals surface area contributed by atoms with Crippen molar-refractivity contribution in [2.45, 2.75) is 31.7 Å². The van der Waals surface area contributed by atoms with Crippen LogP contribution in [0.2, 0.25) is 0 Å². The number of hydrogen-bond acceptors (Lipinski definition) is 3. The van der Waals surface area contributed by atoms with Crippen LogP contribution in [0.15, 0.2) is 24.3 Å². The number of rotatable bonds is 3. The van der Waals surface area contributed by atoms with Crippen LogP contribution >= 0.6 is 0 Å². The molecule has 0 aromatic heterocycles. The molecule has 0 saturated carbocycles. The fourth-order valence-corrected chi connectivity index (χ4v) is 3.51. The van der Waals surface area contributed by atoms with E-state index in [1.165, 1.54) is 5.56 Å². The lowest BCUT2D eigenvalue weighted by Gasteiger charge is -2.31. The van der Waals surface area contributed by atoms with E-state index in [1.807, 2.05) is 12.1 Å². The molecule has 0 bridgehead atoms. The van der Waals surface area contributed by atoms with Crippen molar-refractivity contribution in [3.05, 3.63) is 29.8 Å². The Bertz CT molecular complexity index is 480. The maximum atomic E-state index is 12.8. The van der Waals surface area contributed by atoms with Gasteiger partial charge < -0.3 is 15.0 Å². The van der Waals surface area contributed by atoms with E-state index in [4.69, 9.17) is 4.74 Å². The van der Waals surface area contributed by atoms with Crippen molar-refractivity contribution in [3.63, 3.8) is 0 Å². The van der Waals surface area contributed by atoms with Crippen LogP contribution in [-0.2, 0) is 4.79 Å². The number of amides is 1. The van der Waals surface area contributed by atoms with Gasteiger partial charge in [0.25, 0.3) is 0 Å². The van der Waals surface area contributed by atoms with Crippen molar-refractivity contribution in [1.82, 2.24) is 10.2 Å². The van der Waals surface area contributed by atoms with Crippen LogP contribution in [0.3, 0.4) is 0 Å². The summed E-state index contributed by atoms with van der Waals surface area (Å²) in [5.41, 5.74) is 1.23. The molecule has 2 saturated heterocycles. The van der Waals surface area contributed by atoms with Crippen LogP contribution in [0, 0.1) is 5.92 Å². The van der Waals surface area contributed by atoms with E-state index in [9.17, 15) is 4.79 Å². The molecule has 1 unspecified atom stereocenters. The van der Waals surface area contributed by atoms with Crippen molar-refractivity contribution < 1.29 is 9.53 Å². The number of methoxy groups -OCH3 is 1. The zero-order valence-electron chi connectivity index (χ0n) is 12.7. The summed E-state index contributed by atoms with van der Waals surface area (Å²) in [4.78, 5) is 14.9. The molecule has 0 spiro atoms.